The lowest BCUT2D eigenvalue weighted by molar-refractivity contribution is 0.302. The van der Waals surface area contributed by atoms with Crippen LogP contribution in [0, 0.1) is 6.92 Å². The molecule has 2 unspecified atom stereocenters. The summed E-state index contributed by atoms with van der Waals surface area (Å²) in [4.78, 5) is 15.6. The number of hydrogen-bond donors (Lipinski definition) is 1. The minimum absolute atomic E-state index is 0.0475. The normalized spacial score (nSPS) is 18.2. The third-order valence-electron chi connectivity index (χ3n) is 5.53. The first kappa shape index (κ1) is 19.4. The van der Waals surface area contributed by atoms with Crippen molar-refractivity contribution in [2.75, 3.05) is 0 Å². The fourth-order valence-electron chi connectivity index (χ4n) is 4.03. The summed E-state index contributed by atoms with van der Waals surface area (Å²) in [5.41, 5.74) is 4.34. The predicted octanol–water partition coefficient (Wildman–Crippen LogP) is 4.14. The molecule has 6 nitrogen and oxygen atoms in total. The Morgan fingerprint density at radius 2 is 1.84 bits per heavy atom. The maximum absolute atomic E-state index is 5.79. The molecule has 4 aromatic rings. The molecule has 5 rings (SSSR count). The van der Waals surface area contributed by atoms with Gasteiger partial charge >= 0.3 is 0 Å². The van der Waals surface area contributed by atoms with Crippen LogP contribution in [-0.2, 0) is 6.54 Å². The summed E-state index contributed by atoms with van der Waals surface area (Å²) in [6, 6.07) is 18.2. The van der Waals surface area contributed by atoms with Gasteiger partial charge in [0.2, 0.25) is 0 Å². The molecule has 2 atom stereocenters. The number of hydrogen-bond acceptors (Lipinski definition) is 4. The summed E-state index contributed by atoms with van der Waals surface area (Å²) < 4.78 is 2.13. The van der Waals surface area contributed by atoms with Crippen molar-refractivity contribution in [2.24, 2.45) is 0 Å². The molecule has 1 fully saturated rings. The van der Waals surface area contributed by atoms with Gasteiger partial charge in [-0.25, -0.2) is 4.98 Å². The lowest BCUT2D eigenvalue weighted by Gasteiger charge is -2.28. The molecule has 1 aliphatic rings. The minimum atomic E-state index is -0.0744. The molecular formula is C24H22N6S. The van der Waals surface area contributed by atoms with E-state index in [1.165, 1.54) is 0 Å². The topological polar surface area (TPSA) is 58.9 Å². The van der Waals surface area contributed by atoms with E-state index in [9.17, 15) is 0 Å². The van der Waals surface area contributed by atoms with Crippen molar-refractivity contribution in [3.63, 3.8) is 0 Å². The van der Waals surface area contributed by atoms with Crippen LogP contribution in [0.5, 0.6) is 0 Å². The fraction of sp³-hybridized carbons (Fsp3) is 0.167. The molecule has 4 aromatic heterocycles. The number of aromatic nitrogens is 4. The largest absolute Gasteiger partial charge is 0.352 e. The maximum atomic E-state index is 5.79. The van der Waals surface area contributed by atoms with Crippen molar-refractivity contribution in [3.05, 3.63) is 108 Å². The van der Waals surface area contributed by atoms with Crippen molar-refractivity contribution in [3.8, 4) is 5.82 Å². The Kier molecular flexibility index (Phi) is 5.18. The van der Waals surface area contributed by atoms with Gasteiger partial charge in [-0.1, -0.05) is 12.1 Å². The van der Waals surface area contributed by atoms with Crippen molar-refractivity contribution >= 4 is 17.3 Å². The smallest absolute Gasteiger partial charge is 0.170 e. The predicted molar refractivity (Wildman–Crippen MR) is 124 cm³/mol. The molecule has 1 N–H and O–H groups in total. The van der Waals surface area contributed by atoms with E-state index < -0.39 is 0 Å². The van der Waals surface area contributed by atoms with Crippen molar-refractivity contribution in [1.82, 2.24) is 29.7 Å². The quantitative estimate of drug-likeness (QED) is 0.484. The molecule has 1 aliphatic heterocycles. The number of thiocarbonyl (C=S) groups is 1. The summed E-state index contributed by atoms with van der Waals surface area (Å²) in [6.45, 7) is 2.72. The lowest BCUT2D eigenvalue weighted by Crippen LogP contribution is -2.30. The van der Waals surface area contributed by atoms with Crippen molar-refractivity contribution in [2.45, 2.75) is 25.6 Å². The average molecular weight is 427 g/mol. The molecule has 0 amide bonds. The summed E-state index contributed by atoms with van der Waals surface area (Å²) in [6.07, 6.45) is 9.39. The zero-order valence-electron chi connectivity index (χ0n) is 17.1. The molecule has 0 spiro atoms. The van der Waals surface area contributed by atoms with Crippen molar-refractivity contribution in [1.29, 1.82) is 0 Å². The van der Waals surface area contributed by atoms with Crippen LogP contribution in [0.2, 0.25) is 0 Å². The molecule has 0 aliphatic carbocycles. The summed E-state index contributed by atoms with van der Waals surface area (Å²) in [5.74, 6) is 0.882. The van der Waals surface area contributed by atoms with E-state index in [0.717, 1.165) is 28.3 Å². The van der Waals surface area contributed by atoms with Crippen LogP contribution in [0.1, 0.15) is 34.6 Å². The SMILES string of the molecule is Cc1ccc(-n2cccc2C2C(c3ccccn3)NC(=S)N2Cc2ccncc2)nc1. The maximum Gasteiger partial charge on any atom is 0.170 e. The van der Waals surface area contributed by atoms with Crippen LogP contribution >= 0.6 is 12.2 Å². The molecule has 0 aromatic carbocycles. The van der Waals surface area contributed by atoms with Gasteiger partial charge in [0.1, 0.15) is 5.82 Å². The number of nitrogens with one attached hydrogen (secondary N) is 1. The third kappa shape index (κ3) is 3.80. The van der Waals surface area contributed by atoms with Gasteiger partial charge in [0, 0.05) is 43.2 Å². The van der Waals surface area contributed by atoms with E-state index in [0.29, 0.717) is 11.7 Å². The van der Waals surface area contributed by atoms with Crippen LogP contribution in [0.25, 0.3) is 5.82 Å². The highest BCUT2D eigenvalue weighted by atomic mass is 32.1. The standard InChI is InChI=1S/C24H22N6S/c1-17-7-8-21(27-15-17)29-14-4-6-20(29)23-22(19-5-2-3-11-26-19)28-24(31)30(23)16-18-9-12-25-13-10-18/h2-15,22-23H,16H2,1H3,(H,28,31). The van der Waals surface area contributed by atoms with Gasteiger partial charge in [0.15, 0.2) is 5.11 Å². The molecule has 154 valence electrons. The van der Waals surface area contributed by atoms with Crippen molar-refractivity contribution < 1.29 is 0 Å². The molecule has 0 bridgehead atoms. The zero-order chi connectivity index (χ0) is 21.2. The highest BCUT2D eigenvalue weighted by Gasteiger charge is 2.41. The molecule has 0 radical (unpaired) electrons. The van der Waals surface area contributed by atoms with E-state index in [4.69, 9.17) is 12.2 Å². The summed E-state index contributed by atoms with van der Waals surface area (Å²) in [7, 11) is 0. The molecule has 7 heteroatoms. The second-order valence-corrected chi connectivity index (χ2v) is 7.99. The second kappa shape index (κ2) is 8.28. The monoisotopic (exact) mass is 426 g/mol. The Morgan fingerprint density at radius 3 is 2.58 bits per heavy atom. The number of pyridine rings is 3. The minimum Gasteiger partial charge on any atom is -0.352 e. The van der Waals surface area contributed by atoms with Gasteiger partial charge < -0.3 is 14.8 Å². The highest BCUT2D eigenvalue weighted by Crippen LogP contribution is 2.40. The number of rotatable bonds is 5. The molecule has 0 saturated carbocycles. The Morgan fingerprint density at radius 1 is 0.968 bits per heavy atom. The van der Waals surface area contributed by atoms with Crippen LogP contribution in [0.4, 0.5) is 0 Å². The Balaban J connectivity index is 1.60. The van der Waals surface area contributed by atoms with E-state index in [1.807, 2.05) is 68.1 Å². The summed E-state index contributed by atoms with van der Waals surface area (Å²) >= 11 is 5.79. The first-order valence-corrected chi connectivity index (χ1v) is 10.6. The van der Waals surface area contributed by atoms with E-state index in [-0.39, 0.29) is 12.1 Å². The Labute approximate surface area is 186 Å². The Bertz CT molecular complexity index is 1170. The first-order valence-electron chi connectivity index (χ1n) is 10.2. The zero-order valence-corrected chi connectivity index (χ0v) is 17.9. The lowest BCUT2D eigenvalue weighted by atomic mass is 10.0. The molecule has 31 heavy (non-hydrogen) atoms. The van der Waals surface area contributed by atoms with Gasteiger partial charge in [-0.15, -0.1) is 0 Å². The van der Waals surface area contributed by atoms with Crippen LogP contribution in [0.15, 0.2) is 85.6 Å². The van der Waals surface area contributed by atoms with Crippen LogP contribution in [-0.4, -0.2) is 29.5 Å². The highest BCUT2D eigenvalue weighted by molar-refractivity contribution is 7.80. The van der Waals surface area contributed by atoms with Gasteiger partial charge in [-0.2, -0.15) is 0 Å². The average Bonchev–Trinajstić information content (AvgIpc) is 3.40. The van der Waals surface area contributed by atoms with Crippen LogP contribution < -0.4 is 5.32 Å². The number of aryl methyl sites for hydroxylation is 1. The van der Waals surface area contributed by atoms with Crippen LogP contribution in [0.3, 0.4) is 0 Å². The third-order valence-corrected chi connectivity index (χ3v) is 5.88. The van der Waals surface area contributed by atoms with Gasteiger partial charge in [0.05, 0.1) is 17.8 Å². The first-order chi connectivity index (χ1) is 15.2. The summed E-state index contributed by atoms with van der Waals surface area (Å²) in [5, 5.41) is 4.22. The van der Waals surface area contributed by atoms with E-state index in [1.54, 1.807) is 0 Å². The Hall–Kier alpha value is -3.58. The molecule has 5 heterocycles. The molecular weight excluding hydrogens is 404 g/mol. The number of nitrogens with zero attached hydrogens (tertiary/aromatic N) is 5. The van der Waals surface area contributed by atoms with Gasteiger partial charge in [-0.3, -0.25) is 9.97 Å². The molecule has 1 saturated heterocycles. The van der Waals surface area contributed by atoms with Gasteiger partial charge in [0.25, 0.3) is 0 Å². The van der Waals surface area contributed by atoms with E-state index >= 15 is 0 Å². The second-order valence-electron chi connectivity index (χ2n) is 7.61. The van der Waals surface area contributed by atoms with E-state index in [2.05, 4.69) is 54.1 Å². The van der Waals surface area contributed by atoms with Gasteiger partial charge in [-0.05, 0) is 72.7 Å². The fourth-order valence-corrected chi connectivity index (χ4v) is 4.33.